The average Bonchev–Trinajstić information content (AvgIpc) is 2.67. The molecule has 0 bridgehead atoms. The van der Waals surface area contributed by atoms with Gasteiger partial charge in [0, 0.05) is 17.0 Å². The van der Waals surface area contributed by atoms with Crippen molar-refractivity contribution in [1.82, 2.24) is 0 Å². The van der Waals surface area contributed by atoms with Crippen LogP contribution >= 0.6 is 0 Å². The molecule has 34 heavy (non-hydrogen) atoms. The molecular weight excluding hydrogens is 416 g/mol. The van der Waals surface area contributed by atoms with Crippen molar-refractivity contribution in [3.05, 3.63) is 82.0 Å². The lowest BCUT2D eigenvalue weighted by atomic mass is 9.67. The Kier molecular flexibility index (Phi) is 8.18. The summed E-state index contributed by atoms with van der Waals surface area (Å²) < 4.78 is 0. The fraction of sp³-hybridized carbons (Fsp3) is 0.500. The third-order valence-electron chi connectivity index (χ3n) is 6.78. The van der Waals surface area contributed by atoms with Crippen molar-refractivity contribution in [3.8, 4) is 11.5 Å². The highest BCUT2D eigenvalue weighted by atomic mass is 16.3. The number of aromatic hydroxyl groups is 2. The van der Waals surface area contributed by atoms with Gasteiger partial charge in [0.1, 0.15) is 11.5 Å². The first-order valence-electron chi connectivity index (χ1n) is 12.5. The lowest BCUT2D eigenvalue weighted by Gasteiger charge is -2.37. The number of allylic oxidation sites excluding steroid dienone is 2. The largest absolute Gasteiger partial charge is 0.507 e. The first-order valence-corrected chi connectivity index (χ1v) is 12.5. The smallest absolute Gasteiger partial charge is 0.122 e. The molecule has 0 unspecified atom stereocenters. The molecule has 0 aliphatic heterocycles. The van der Waals surface area contributed by atoms with E-state index in [0.29, 0.717) is 30.3 Å². The molecule has 0 amide bonds. The van der Waals surface area contributed by atoms with E-state index >= 15 is 0 Å². The van der Waals surface area contributed by atoms with E-state index in [9.17, 15) is 10.2 Å². The average molecular weight is 463 g/mol. The Morgan fingerprint density at radius 3 is 1.29 bits per heavy atom. The van der Waals surface area contributed by atoms with Gasteiger partial charge in [-0.3, -0.25) is 0 Å². The van der Waals surface area contributed by atoms with Crippen molar-refractivity contribution in [2.75, 3.05) is 0 Å². The number of rotatable bonds is 7. The predicted molar refractivity (Wildman–Crippen MR) is 148 cm³/mol. The molecule has 0 fully saturated rings. The first-order chi connectivity index (χ1) is 15.6. The van der Waals surface area contributed by atoms with Gasteiger partial charge in [-0.05, 0) is 76.8 Å². The molecule has 0 saturated carbocycles. The van der Waals surface area contributed by atoms with E-state index in [4.69, 9.17) is 0 Å². The van der Waals surface area contributed by atoms with Crippen molar-refractivity contribution in [3.63, 3.8) is 0 Å². The lowest BCUT2D eigenvalue weighted by molar-refractivity contribution is 0.450. The number of aryl methyl sites for hydroxylation is 2. The summed E-state index contributed by atoms with van der Waals surface area (Å²) in [6, 6.07) is 4.38. The zero-order valence-corrected chi connectivity index (χ0v) is 23.2. The molecule has 2 N–H and O–H groups in total. The van der Waals surface area contributed by atoms with Crippen LogP contribution in [-0.4, -0.2) is 10.2 Å². The summed E-state index contributed by atoms with van der Waals surface area (Å²) >= 11 is 0. The summed E-state index contributed by atoms with van der Waals surface area (Å²) in [6.45, 7) is 29.8. The Labute approximate surface area is 208 Å². The van der Waals surface area contributed by atoms with Crippen LogP contribution in [0.4, 0.5) is 0 Å². The minimum atomic E-state index is -0.163. The maximum atomic E-state index is 11.1. The second-order valence-corrected chi connectivity index (χ2v) is 12.2. The van der Waals surface area contributed by atoms with Crippen molar-refractivity contribution < 1.29 is 10.2 Å². The molecule has 0 spiro atoms. The molecule has 2 aromatic rings. The maximum absolute atomic E-state index is 11.1. The van der Waals surface area contributed by atoms with E-state index in [1.807, 2.05) is 26.0 Å². The molecule has 0 heterocycles. The zero-order valence-electron chi connectivity index (χ0n) is 23.2. The van der Waals surface area contributed by atoms with E-state index in [1.165, 1.54) is 22.3 Å². The first kappa shape index (κ1) is 27.8. The molecule has 0 atom stereocenters. The van der Waals surface area contributed by atoms with Crippen LogP contribution in [0.15, 0.2) is 37.4 Å². The Balaban J connectivity index is 3.14. The zero-order chi connectivity index (χ0) is 26.2. The Bertz CT molecular complexity index is 989. The summed E-state index contributed by atoms with van der Waals surface area (Å²) in [7, 11) is 0. The standard InChI is InChI=1S/C32H46O2/c1-13-15-22-27(31(7,8)9)24(17-20(5)29(22)33)26(19(3)4)25-18-21(6)30(34)23(16-14-2)28(25)32(10,11)12/h13-14,17-19,26,33-34H,1-2,15-16H2,3-12H3. The van der Waals surface area contributed by atoms with Crippen LogP contribution in [0.1, 0.15) is 106 Å². The fourth-order valence-electron chi connectivity index (χ4n) is 5.64. The van der Waals surface area contributed by atoms with Gasteiger partial charge in [0.25, 0.3) is 0 Å². The van der Waals surface area contributed by atoms with Crippen LogP contribution in [0.3, 0.4) is 0 Å². The summed E-state index contributed by atoms with van der Waals surface area (Å²) in [5.74, 6) is 1.17. The molecule has 0 radical (unpaired) electrons. The van der Waals surface area contributed by atoms with E-state index in [2.05, 4.69) is 80.7 Å². The summed E-state index contributed by atoms with van der Waals surface area (Å²) in [6.07, 6.45) is 5.01. The summed E-state index contributed by atoms with van der Waals surface area (Å²) in [5, 5.41) is 22.1. The van der Waals surface area contributed by atoms with Gasteiger partial charge in [0.2, 0.25) is 0 Å². The summed E-state index contributed by atoms with van der Waals surface area (Å²) in [4.78, 5) is 0. The van der Waals surface area contributed by atoms with E-state index in [0.717, 1.165) is 22.3 Å². The quantitative estimate of drug-likeness (QED) is 0.405. The number of benzene rings is 2. The van der Waals surface area contributed by atoms with Gasteiger partial charge in [-0.2, -0.15) is 0 Å². The normalized spacial score (nSPS) is 12.5. The predicted octanol–water partition coefficient (Wildman–Crippen LogP) is 8.55. The van der Waals surface area contributed by atoms with Gasteiger partial charge in [0.05, 0.1) is 0 Å². The number of hydrogen-bond acceptors (Lipinski definition) is 2. The molecule has 0 aliphatic carbocycles. The van der Waals surface area contributed by atoms with Gasteiger partial charge >= 0.3 is 0 Å². The topological polar surface area (TPSA) is 40.5 Å². The molecule has 2 nitrogen and oxygen atoms in total. The third-order valence-corrected chi connectivity index (χ3v) is 6.78. The van der Waals surface area contributed by atoms with E-state index < -0.39 is 0 Å². The molecule has 0 aromatic heterocycles. The molecule has 2 rings (SSSR count). The Morgan fingerprint density at radius 1 is 0.735 bits per heavy atom. The van der Waals surface area contributed by atoms with Crippen LogP contribution in [0, 0.1) is 19.8 Å². The highest BCUT2D eigenvalue weighted by molar-refractivity contribution is 5.60. The third kappa shape index (κ3) is 5.27. The van der Waals surface area contributed by atoms with Crippen LogP contribution < -0.4 is 0 Å². The van der Waals surface area contributed by atoms with E-state index in [-0.39, 0.29) is 16.7 Å². The summed E-state index contributed by atoms with van der Waals surface area (Å²) in [5.41, 5.74) is 8.33. The SMILES string of the molecule is C=CCc1c(O)c(C)cc(C(c2cc(C)c(O)c(CC=C)c2C(C)(C)C)C(C)C)c1C(C)(C)C. The van der Waals surface area contributed by atoms with E-state index in [1.54, 1.807) is 0 Å². The Morgan fingerprint density at radius 2 is 1.06 bits per heavy atom. The monoisotopic (exact) mass is 462 g/mol. The van der Waals surface area contributed by atoms with Gasteiger partial charge in [-0.25, -0.2) is 0 Å². The molecule has 2 aromatic carbocycles. The van der Waals surface area contributed by atoms with Crippen LogP contribution in [-0.2, 0) is 23.7 Å². The van der Waals surface area contributed by atoms with Crippen LogP contribution in [0.5, 0.6) is 11.5 Å². The van der Waals surface area contributed by atoms with Gasteiger partial charge in [-0.1, -0.05) is 79.7 Å². The number of hydrogen-bond donors (Lipinski definition) is 2. The fourth-order valence-corrected chi connectivity index (χ4v) is 5.64. The van der Waals surface area contributed by atoms with Gasteiger partial charge in [-0.15, -0.1) is 13.2 Å². The van der Waals surface area contributed by atoms with Crippen molar-refractivity contribution in [2.45, 2.75) is 98.8 Å². The van der Waals surface area contributed by atoms with Gasteiger partial charge in [0.15, 0.2) is 0 Å². The van der Waals surface area contributed by atoms with Crippen LogP contribution in [0.2, 0.25) is 0 Å². The molecule has 0 aliphatic rings. The highest BCUT2D eigenvalue weighted by Crippen LogP contribution is 2.48. The number of phenolic OH excluding ortho intramolecular Hbond substituents is 2. The highest BCUT2D eigenvalue weighted by Gasteiger charge is 2.35. The minimum absolute atomic E-state index is 0.106. The van der Waals surface area contributed by atoms with Crippen LogP contribution in [0.25, 0.3) is 0 Å². The molecular formula is C32H46O2. The molecule has 0 saturated heterocycles. The molecule has 2 heteroatoms. The second-order valence-electron chi connectivity index (χ2n) is 12.2. The number of phenols is 2. The lowest BCUT2D eigenvalue weighted by Crippen LogP contribution is -2.25. The van der Waals surface area contributed by atoms with Crippen molar-refractivity contribution >= 4 is 0 Å². The van der Waals surface area contributed by atoms with Gasteiger partial charge < -0.3 is 10.2 Å². The minimum Gasteiger partial charge on any atom is -0.507 e. The Hall–Kier alpha value is -2.48. The van der Waals surface area contributed by atoms with Crippen molar-refractivity contribution in [2.24, 2.45) is 5.92 Å². The van der Waals surface area contributed by atoms with Crippen molar-refractivity contribution in [1.29, 1.82) is 0 Å². The maximum Gasteiger partial charge on any atom is 0.122 e. The second kappa shape index (κ2) is 10.0. The molecule has 186 valence electrons.